The molecule has 2 bridgehead atoms. The Morgan fingerprint density at radius 3 is 2.18 bits per heavy atom. The number of carbonyl (C=O) groups is 3. The number of carboxylic acids is 2. The molecule has 0 saturated heterocycles. The molecule has 6 aliphatic rings. The fraction of sp³-hybridized carbons (Fsp3) is 0.741. The van der Waals surface area contributed by atoms with Crippen molar-refractivity contribution in [1.29, 1.82) is 0 Å². The highest BCUT2D eigenvalue weighted by atomic mass is 16.4. The first-order valence-electron chi connectivity index (χ1n) is 12.3. The van der Waals surface area contributed by atoms with E-state index >= 15 is 0 Å². The van der Waals surface area contributed by atoms with E-state index in [1.54, 1.807) is 6.92 Å². The van der Waals surface area contributed by atoms with Crippen molar-refractivity contribution < 1.29 is 29.7 Å². The molecule has 3 N–H and O–H groups in total. The molecule has 3 fully saturated rings. The zero-order valence-electron chi connectivity index (χ0n) is 20.2. The van der Waals surface area contributed by atoms with Gasteiger partial charge in [0.15, 0.2) is 0 Å². The molecule has 3 saturated carbocycles. The molecule has 0 heterocycles. The van der Waals surface area contributed by atoms with Crippen molar-refractivity contribution in [2.75, 3.05) is 0 Å². The maximum Gasteiger partial charge on any atom is 0.308 e. The molecule has 180 valence electrons. The fourth-order valence-electron chi connectivity index (χ4n) is 10.1. The van der Waals surface area contributed by atoms with Crippen molar-refractivity contribution in [3.8, 4) is 0 Å². The maximum absolute atomic E-state index is 13.1. The van der Waals surface area contributed by atoms with Crippen LogP contribution in [0.3, 0.4) is 0 Å². The lowest BCUT2D eigenvalue weighted by Gasteiger charge is -2.75. The van der Waals surface area contributed by atoms with E-state index in [1.807, 2.05) is 19.1 Å². The van der Waals surface area contributed by atoms with E-state index in [0.29, 0.717) is 32.1 Å². The van der Waals surface area contributed by atoms with Gasteiger partial charge in [-0.3, -0.25) is 14.4 Å². The summed E-state index contributed by atoms with van der Waals surface area (Å²) in [6, 6.07) is 0. The number of aliphatic hydroxyl groups excluding tert-OH is 1. The highest BCUT2D eigenvalue weighted by Gasteiger charge is 2.81. The lowest BCUT2D eigenvalue weighted by molar-refractivity contribution is -0.219. The summed E-state index contributed by atoms with van der Waals surface area (Å²) in [6.45, 7) is 9.85. The molecule has 0 aliphatic heterocycles. The number of allylic oxidation sites excluding steroid dienone is 4. The summed E-state index contributed by atoms with van der Waals surface area (Å²) >= 11 is 0. The largest absolute Gasteiger partial charge is 0.481 e. The Balaban J connectivity index is 1.89. The Hall–Kier alpha value is -1.95. The minimum absolute atomic E-state index is 0.127. The Morgan fingerprint density at radius 1 is 0.970 bits per heavy atom. The van der Waals surface area contributed by atoms with Gasteiger partial charge in [0.05, 0.1) is 17.9 Å². The second-order valence-corrected chi connectivity index (χ2v) is 12.3. The lowest BCUT2D eigenvalue weighted by Crippen LogP contribution is -2.74. The number of carbonyl (C=O) groups excluding carboxylic acids is 1. The SMILES string of the molecule is CC(=O)[C@H]1CC[C@@]2(C)C34C=CC5([C@H](C(=O)O)C3C(=O)O)[C@H](C)[C@@H](O)CC[C@]5(C)C4=CC[C@]12C. The van der Waals surface area contributed by atoms with Gasteiger partial charge in [-0.25, -0.2) is 0 Å². The summed E-state index contributed by atoms with van der Waals surface area (Å²) in [4.78, 5) is 38.7. The van der Waals surface area contributed by atoms with Gasteiger partial charge in [-0.1, -0.05) is 51.5 Å². The molecule has 0 amide bonds. The predicted molar refractivity (Wildman–Crippen MR) is 121 cm³/mol. The number of fused-ring (bicyclic) bond motifs is 2. The summed E-state index contributed by atoms with van der Waals surface area (Å²) in [5, 5.41) is 32.1. The number of Topliss-reactive ketones (excluding diaryl/α,β-unsaturated/α-hetero) is 1. The van der Waals surface area contributed by atoms with Gasteiger partial charge in [-0.05, 0) is 61.2 Å². The van der Waals surface area contributed by atoms with E-state index in [-0.39, 0.29) is 17.6 Å². The fourth-order valence-corrected chi connectivity index (χ4v) is 10.1. The second kappa shape index (κ2) is 6.38. The molecule has 0 aromatic carbocycles. The van der Waals surface area contributed by atoms with E-state index in [1.165, 1.54) is 0 Å². The summed E-state index contributed by atoms with van der Waals surface area (Å²) < 4.78 is 0. The Kier molecular flexibility index (Phi) is 4.41. The first-order valence-corrected chi connectivity index (χ1v) is 12.3. The molecule has 0 radical (unpaired) electrons. The van der Waals surface area contributed by atoms with E-state index in [4.69, 9.17) is 0 Å². The number of aliphatic carboxylic acids is 2. The molecular weight excluding hydrogens is 420 g/mol. The van der Waals surface area contributed by atoms with Crippen LogP contribution in [0.25, 0.3) is 0 Å². The number of hydrogen-bond acceptors (Lipinski definition) is 4. The van der Waals surface area contributed by atoms with Crippen molar-refractivity contribution in [3.05, 3.63) is 23.8 Å². The van der Waals surface area contributed by atoms with Gasteiger partial charge in [0.2, 0.25) is 0 Å². The Morgan fingerprint density at radius 2 is 1.61 bits per heavy atom. The Labute approximate surface area is 195 Å². The van der Waals surface area contributed by atoms with Gasteiger partial charge in [-0.15, -0.1) is 0 Å². The molecule has 10 atom stereocenters. The van der Waals surface area contributed by atoms with Crippen LogP contribution in [-0.2, 0) is 14.4 Å². The van der Waals surface area contributed by atoms with Crippen LogP contribution in [0, 0.1) is 50.7 Å². The highest BCUT2D eigenvalue weighted by molar-refractivity contribution is 5.86. The monoisotopic (exact) mass is 456 g/mol. The number of rotatable bonds is 3. The van der Waals surface area contributed by atoms with Crippen molar-refractivity contribution in [2.24, 2.45) is 50.7 Å². The average molecular weight is 457 g/mol. The van der Waals surface area contributed by atoms with Crippen LogP contribution in [0.1, 0.15) is 66.7 Å². The summed E-state index contributed by atoms with van der Waals surface area (Å²) in [6.07, 6.45) is 8.77. The first-order chi connectivity index (χ1) is 15.3. The number of hydrogen-bond donors (Lipinski definition) is 3. The maximum atomic E-state index is 13.1. The van der Waals surface area contributed by atoms with Crippen LogP contribution in [0.15, 0.2) is 23.8 Å². The molecule has 0 aromatic rings. The van der Waals surface area contributed by atoms with Gasteiger partial charge < -0.3 is 15.3 Å². The smallest absolute Gasteiger partial charge is 0.308 e. The van der Waals surface area contributed by atoms with Crippen LogP contribution >= 0.6 is 0 Å². The molecule has 0 aromatic heterocycles. The third-order valence-corrected chi connectivity index (χ3v) is 11.9. The van der Waals surface area contributed by atoms with E-state index in [0.717, 1.165) is 5.57 Å². The van der Waals surface area contributed by atoms with E-state index in [2.05, 4.69) is 26.8 Å². The number of carboxylic acid groups (broad SMARTS) is 2. The predicted octanol–water partition coefficient (Wildman–Crippen LogP) is 4.08. The van der Waals surface area contributed by atoms with Crippen LogP contribution in [-0.4, -0.2) is 39.1 Å². The lowest BCUT2D eigenvalue weighted by atomic mass is 9.26. The van der Waals surface area contributed by atoms with E-state index < -0.39 is 57.0 Å². The van der Waals surface area contributed by atoms with Gasteiger partial charge >= 0.3 is 11.9 Å². The number of ketones is 1. The Bertz CT molecular complexity index is 1030. The van der Waals surface area contributed by atoms with Gasteiger partial charge in [-0.2, -0.15) is 0 Å². The summed E-state index contributed by atoms with van der Waals surface area (Å²) in [5.74, 6) is -4.93. The third-order valence-electron chi connectivity index (χ3n) is 11.9. The molecule has 33 heavy (non-hydrogen) atoms. The van der Waals surface area contributed by atoms with Crippen molar-refractivity contribution in [1.82, 2.24) is 0 Å². The van der Waals surface area contributed by atoms with Crippen LogP contribution in [0.5, 0.6) is 0 Å². The van der Waals surface area contributed by atoms with Gasteiger partial charge in [0.25, 0.3) is 0 Å². The average Bonchev–Trinajstić information content (AvgIpc) is 3.02. The minimum atomic E-state index is -1.15. The van der Waals surface area contributed by atoms with Crippen molar-refractivity contribution in [3.63, 3.8) is 0 Å². The summed E-state index contributed by atoms with van der Waals surface area (Å²) in [7, 11) is 0. The normalized spacial score (nSPS) is 54.1. The van der Waals surface area contributed by atoms with Crippen LogP contribution < -0.4 is 0 Å². The zero-order chi connectivity index (χ0) is 24.4. The van der Waals surface area contributed by atoms with E-state index in [9.17, 15) is 29.7 Å². The molecule has 6 rings (SSSR count). The molecular formula is C27H36O6. The van der Waals surface area contributed by atoms with Crippen LogP contribution in [0.2, 0.25) is 0 Å². The standard InChI is InChI=1S/C27H36O6/c1-14-17(29)7-9-24(4)18-8-10-23(3)16(15(2)28)6-11-25(23,5)27(18)13-12-26(14,24)19(21(30)31)20(27)22(32)33/h8,12-14,16-17,19-20,29H,6-7,9-11H2,1-5H3,(H,30,31)(H,32,33)/t14-,16-,17+,19+,20?,23-,24-,25-,26?,27?/m1/s1. The molecule has 6 nitrogen and oxygen atoms in total. The molecule has 2 spiro atoms. The molecule has 6 aliphatic carbocycles. The zero-order valence-corrected chi connectivity index (χ0v) is 20.2. The quantitative estimate of drug-likeness (QED) is 0.552. The van der Waals surface area contributed by atoms with Crippen molar-refractivity contribution in [2.45, 2.75) is 72.8 Å². The van der Waals surface area contributed by atoms with Crippen molar-refractivity contribution >= 4 is 17.7 Å². The molecule has 6 heteroatoms. The number of aliphatic hydroxyl groups is 1. The van der Waals surface area contributed by atoms with Gasteiger partial charge in [0.1, 0.15) is 5.78 Å². The highest BCUT2D eigenvalue weighted by Crippen LogP contribution is 2.83. The summed E-state index contributed by atoms with van der Waals surface area (Å²) in [5.41, 5.74) is -2.48. The topological polar surface area (TPSA) is 112 Å². The first kappa shape index (κ1) is 22.8. The van der Waals surface area contributed by atoms with Gasteiger partial charge in [0, 0.05) is 16.7 Å². The second-order valence-electron chi connectivity index (χ2n) is 12.3. The molecule has 3 unspecified atom stereocenters. The minimum Gasteiger partial charge on any atom is -0.481 e. The third kappa shape index (κ3) is 2.10. The van der Waals surface area contributed by atoms with Crippen LogP contribution in [0.4, 0.5) is 0 Å².